The Morgan fingerprint density at radius 3 is 2.64 bits per heavy atom. The number of ether oxygens (including phenoxy) is 1. The van der Waals surface area contributed by atoms with Crippen LogP contribution in [-0.4, -0.2) is 32.2 Å². The van der Waals surface area contributed by atoms with Crippen LogP contribution in [0.1, 0.15) is 28.3 Å². The molecule has 3 rings (SSSR count). The minimum absolute atomic E-state index is 0.100. The molecular weight excluding hydrogens is 299 g/mol. The van der Waals surface area contributed by atoms with E-state index in [9.17, 15) is 22.8 Å². The summed E-state index contributed by atoms with van der Waals surface area (Å²) in [6.07, 6.45) is -4.62. The Kier molecular flexibility index (Phi) is 3.19. The summed E-state index contributed by atoms with van der Waals surface area (Å²) in [6.45, 7) is 0. The van der Waals surface area contributed by atoms with E-state index in [1.165, 1.54) is 31.2 Å². The number of methoxy groups -OCH3 is 1. The maximum Gasteiger partial charge on any atom is 0.392 e. The van der Waals surface area contributed by atoms with Crippen LogP contribution in [0.5, 0.6) is 0 Å². The number of amides is 1. The molecule has 1 aliphatic heterocycles. The highest BCUT2D eigenvalue weighted by atomic mass is 19.4. The molecule has 1 heterocycles. The molecule has 22 heavy (non-hydrogen) atoms. The summed E-state index contributed by atoms with van der Waals surface area (Å²) >= 11 is 0. The number of carbonyl (C=O) groups is 2. The highest BCUT2D eigenvalue weighted by molar-refractivity contribution is 6.03. The van der Waals surface area contributed by atoms with Gasteiger partial charge >= 0.3 is 12.1 Å². The third-order valence-electron chi connectivity index (χ3n) is 4.63. The van der Waals surface area contributed by atoms with Crippen molar-refractivity contribution < 1.29 is 27.5 Å². The van der Waals surface area contributed by atoms with Gasteiger partial charge in [0, 0.05) is 24.6 Å². The molecule has 0 saturated heterocycles. The predicted octanol–water partition coefficient (Wildman–Crippen LogP) is 2.73. The molecule has 3 atom stereocenters. The Morgan fingerprint density at radius 1 is 1.36 bits per heavy atom. The Labute approximate surface area is 124 Å². The maximum absolute atomic E-state index is 13.2. The summed E-state index contributed by atoms with van der Waals surface area (Å²) in [6, 6.07) is 4.54. The first kappa shape index (κ1) is 14.9. The smallest absolute Gasteiger partial charge is 0.392 e. The van der Waals surface area contributed by atoms with Gasteiger partial charge in [-0.2, -0.15) is 13.2 Å². The first-order valence-electron chi connectivity index (χ1n) is 6.83. The maximum atomic E-state index is 13.2. The van der Waals surface area contributed by atoms with Crippen LogP contribution in [0.3, 0.4) is 0 Å². The molecular formula is C15H14F3NO3. The van der Waals surface area contributed by atoms with E-state index in [2.05, 4.69) is 4.74 Å². The van der Waals surface area contributed by atoms with Gasteiger partial charge in [0.25, 0.3) is 0 Å². The Bertz CT molecular complexity index is 656. The van der Waals surface area contributed by atoms with Crippen molar-refractivity contribution >= 4 is 17.6 Å². The Morgan fingerprint density at radius 2 is 2.05 bits per heavy atom. The van der Waals surface area contributed by atoms with E-state index in [0.717, 1.165) is 0 Å². The summed E-state index contributed by atoms with van der Waals surface area (Å²) in [5.74, 6) is -4.35. The number of halogens is 3. The summed E-state index contributed by atoms with van der Waals surface area (Å²) in [4.78, 5) is 25.4. The minimum atomic E-state index is -4.39. The molecule has 0 N–H and O–H groups in total. The van der Waals surface area contributed by atoms with Crippen molar-refractivity contribution in [3.8, 4) is 0 Å². The number of benzene rings is 1. The largest absolute Gasteiger partial charge is 0.465 e. The fourth-order valence-corrected chi connectivity index (χ4v) is 3.50. The highest BCUT2D eigenvalue weighted by Crippen LogP contribution is 2.59. The number of rotatable bonds is 1. The quantitative estimate of drug-likeness (QED) is 0.749. The zero-order valence-corrected chi connectivity index (χ0v) is 12.0. The lowest BCUT2D eigenvalue weighted by Gasteiger charge is -2.50. The second kappa shape index (κ2) is 4.72. The average molecular weight is 313 g/mol. The Balaban J connectivity index is 2.18. The van der Waals surface area contributed by atoms with Crippen LogP contribution < -0.4 is 4.90 Å². The van der Waals surface area contributed by atoms with Crippen molar-refractivity contribution in [2.24, 2.45) is 11.8 Å². The molecule has 2 aliphatic rings. The highest BCUT2D eigenvalue weighted by Gasteiger charge is 2.61. The molecule has 0 radical (unpaired) electrons. The molecule has 4 nitrogen and oxygen atoms in total. The summed E-state index contributed by atoms with van der Waals surface area (Å²) in [5, 5.41) is 0. The topological polar surface area (TPSA) is 46.6 Å². The van der Waals surface area contributed by atoms with E-state index >= 15 is 0 Å². The number of anilines is 1. The molecule has 0 aromatic heterocycles. The van der Waals surface area contributed by atoms with Crippen molar-refractivity contribution in [3.63, 3.8) is 0 Å². The van der Waals surface area contributed by atoms with E-state index in [1.54, 1.807) is 6.07 Å². The molecule has 0 spiro atoms. The molecule has 0 bridgehead atoms. The fraction of sp³-hybridized carbons (Fsp3) is 0.467. The molecule has 1 aliphatic carbocycles. The normalized spacial score (nSPS) is 26.9. The second-order valence-electron chi connectivity index (χ2n) is 5.64. The molecule has 1 aromatic rings. The van der Waals surface area contributed by atoms with Crippen LogP contribution in [0.15, 0.2) is 18.2 Å². The van der Waals surface area contributed by atoms with Gasteiger partial charge in [-0.15, -0.1) is 0 Å². The summed E-state index contributed by atoms with van der Waals surface area (Å²) in [5.41, 5.74) is 0.724. The van der Waals surface area contributed by atoms with Crippen LogP contribution in [0, 0.1) is 11.8 Å². The summed E-state index contributed by atoms with van der Waals surface area (Å²) in [7, 11) is 2.69. The number of nitrogens with zero attached hydrogens (tertiary/aromatic N) is 1. The average Bonchev–Trinajstić information content (AvgIpc) is 2.42. The van der Waals surface area contributed by atoms with Gasteiger partial charge in [-0.25, -0.2) is 4.79 Å². The van der Waals surface area contributed by atoms with Crippen LogP contribution in [-0.2, 0) is 9.53 Å². The molecule has 1 fully saturated rings. The van der Waals surface area contributed by atoms with Crippen molar-refractivity contribution in [1.29, 1.82) is 0 Å². The van der Waals surface area contributed by atoms with Crippen LogP contribution in [0.4, 0.5) is 18.9 Å². The third kappa shape index (κ3) is 1.91. The van der Waals surface area contributed by atoms with Crippen molar-refractivity contribution in [2.75, 3.05) is 19.1 Å². The van der Waals surface area contributed by atoms with Gasteiger partial charge in [0.15, 0.2) is 0 Å². The molecule has 0 unspecified atom stereocenters. The number of carbonyl (C=O) groups excluding carboxylic acids is 2. The van der Waals surface area contributed by atoms with Gasteiger partial charge in [0.2, 0.25) is 5.91 Å². The van der Waals surface area contributed by atoms with E-state index in [0.29, 0.717) is 5.69 Å². The zero-order chi connectivity index (χ0) is 16.2. The van der Waals surface area contributed by atoms with Gasteiger partial charge in [0.05, 0.1) is 18.6 Å². The monoisotopic (exact) mass is 313 g/mol. The van der Waals surface area contributed by atoms with E-state index in [4.69, 9.17) is 0 Å². The Hall–Kier alpha value is -2.05. The second-order valence-corrected chi connectivity index (χ2v) is 5.64. The van der Waals surface area contributed by atoms with Crippen molar-refractivity contribution in [1.82, 2.24) is 0 Å². The molecule has 1 saturated carbocycles. The number of hydrogen-bond acceptors (Lipinski definition) is 3. The van der Waals surface area contributed by atoms with Gasteiger partial charge in [-0.3, -0.25) is 4.79 Å². The van der Waals surface area contributed by atoms with E-state index < -0.39 is 29.9 Å². The first-order chi connectivity index (χ1) is 10.3. The van der Waals surface area contributed by atoms with Crippen LogP contribution >= 0.6 is 0 Å². The molecule has 7 heteroatoms. The van der Waals surface area contributed by atoms with Gasteiger partial charge < -0.3 is 9.64 Å². The minimum Gasteiger partial charge on any atom is -0.465 e. The fourth-order valence-electron chi connectivity index (χ4n) is 3.50. The van der Waals surface area contributed by atoms with Gasteiger partial charge in [-0.05, 0) is 24.1 Å². The van der Waals surface area contributed by atoms with Crippen LogP contribution in [0.25, 0.3) is 0 Å². The van der Waals surface area contributed by atoms with Gasteiger partial charge in [-0.1, -0.05) is 6.07 Å². The number of hydrogen-bond donors (Lipinski definition) is 0. The number of fused-ring (bicyclic) bond motifs is 3. The van der Waals surface area contributed by atoms with Crippen LogP contribution in [0.2, 0.25) is 0 Å². The lowest BCUT2D eigenvalue weighted by Crippen LogP contribution is -2.54. The van der Waals surface area contributed by atoms with E-state index in [1.807, 2.05) is 0 Å². The lowest BCUT2D eigenvalue weighted by molar-refractivity contribution is -0.213. The number of esters is 1. The third-order valence-corrected chi connectivity index (χ3v) is 4.63. The molecule has 118 valence electrons. The van der Waals surface area contributed by atoms with E-state index in [-0.39, 0.29) is 23.5 Å². The number of alkyl halides is 3. The molecule has 1 aromatic carbocycles. The predicted molar refractivity (Wildman–Crippen MR) is 71.6 cm³/mol. The molecule has 1 amide bonds. The zero-order valence-electron chi connectivity index (χ0n) is 12.0. The first-order valence-corrected chi connectivity index (χ1v) is 6.83. The van der Waals surface area contributed by atoms with Crippen molar-refractivity contribution in [3.05, 3.63) is 29.3 Å². The summed E-state index contributed by atoms with van der Waals surface area (Å²) < 4.78 is 44.2. The lowest BCUT2D eigenvalue weighted by atomic mass is 9.58. The van der Waals surface area contributed by atoms with Crippen molar-refractivity contribution in [2.45, 2.75) is 18.5 Å². The van der Waals surface area contributed by atoms with Gasteiger partial charge in [0.1, 0.15) is 0 Å². The standard InChI is InChI=1S/C15H14F3NO3/c1-19-10-5-3-4-7(14(21)22-2)12(10)11-8(13(19)20)6-9(11)15(16,17)18/h3-5,8-9,11H,6H2,1-2H3/t8-,9+,11-/m1/s1. The SMILES string of the molecule is COC(=O)c1cccc2c1[C@@H]1[C@@H](C[C@@H]1C(F)(F)F)C(=O)N2C.